The minimum atomic E-state index is -0.427. The van der Waals surface area contributed by atoms with Crippen molar-refractivity contribution in [3.8, 4) is 5.75 Å². The minimum absolute atomic E-state index is 0.154. The molecule has 0 aromatic heterocycles. The van der Waals surface area contributed by atoms with E-state index in [-0.39, 0.29) is 6.61 Å². The molecule has 0 aliphatic carbocycles. The monoisotopic (exact) mass is 346 g/mol. The van der Waals surface area contributed by atoms with E-state index in [0.29, 0.717) is 23.0 Å². The summed E-state index contributed by atoms with van der Waals surface area (Å²) in [4.78, 5) is 12.5. The smallest absolute Gasteiger partial charge is 0.338 e. The Morgan fingerprint density at radius 1 is 1.42 bits per heavy atom. The van der Waals surface area contributed by atoms with Crippen LogP contribution in [0.15, 0.2) is 48.2 Å². The maximum absolute atomic E-state index is 12.5. The number of hydrogen-bond donors (Lipinski definition) is 2. The van der Waals surface area contributed by atoms with E-state index in [1.807, 2.05) is 31.2 Å². The molecule has 1 atom stereocenters. The van der Waals surface area contributed by atoms with Gasteiger partial charge in [0.25, 0.3) is 0 Å². The summed E-state index contributed by atoms with van der Waals surface area (Å²) in [6.07, 6.45) is 2.44. The van der Waals surface area contributed by atoms with Crippen molar-refractivity contribution in [3.63, 3.8) is 0 Å². The summed E-state index contributed by atoms with van der Waals surface area (Å²) in [6.45, 7) is 8.17. The second-order valence-corrected chi connectivity index (χ2v) is 5.75. The van der Waals surface area contributed by atoms with Crippen LogP contribution >= 0.6 is 12.2 Å². The molecule has 24 heavy (non-hydrogen) atoms. The predicted molar refractivity (Wildman–Crippen MR) is 97.7 cm³/mol. The molecule has 1 aromatic carbocycles. The van der Waals surface area contributed by atoms with Crippen LogP contribution in [-0.4, -0.2) is 24.3 Å². The van der Waals surface area contributed by atoms with Crippen molar-refractivity contribution in [2.45, 2.75) is 26.3 Å². The van der Waals surface area contributed by atoms with Crippen LogP contribution in [0.5, 0.6) is 5.75 Å². The van der Waals surface area contributed by atoms with Crippen molar-refractivity contribution in [3.05, 3.63) is 53.8 Å². The van der Waals surface area contributed by atoms with Crippen molar-refractivity contribution >= 4 is 23.3 Å². The molecule has 5 nitrogen and oxygen atoms in total. The van der Waals surface area contributed by atoms with Crippen molar-refractivity contribution in [1.29, 1.82) is 0 Å². The first-order chi connectivity index (χ1) is 11.6. The van der Waals surface area contributed by atoms with Crippen molar-refractivity contribution < 1.29 is 14.3 Å². The molecule has 0 bridgehead atoms. The number of thiocarbonyl (C=S) groups is 1. The zero-order chi connectivity index (χ0) is 17.5. The Balaban J connectivity index is 2.41. The molecule has 1 aromatic rings. The number of esters is 1. The van der Waals surface area contributed by atoms with Crippen molar-refractivity contribution in [1.82, 2.24) is 10.6 Å². The normalized spacial score (nSPS) is 16.9. The standard InChI is InChI=1S/C18H22N2O3S/c1-4-10-22-14-9-7-6-8-13(14)16-15(17(21)23-11-5-2)12(3)19-18(24)20-16/h5-9,16H,2,4,10-11H2,1,3H3,(H2,19,20,24)/t16-/m0/s1. The van der Waals surface area contributed by atoms with E-state index in [1.165, 1.54) is 6.08 Å². The molecule has 0 spiro atoms. The van der Waals surface area contributed by atoms with Gasteiger partial charge in [-0.15, -0.1) is 0 Å². The number of carbonyl (C=O) groups excluding carboxylic acids is 1. The van der Waals surface area contributed by atoms with Crippen LogP contribution in [0.2, 0.25) is 0 Å². The molecule has 1 heterocycles. The lowest BCUT2D eigenvalue weighted by Crippen LogP contribution is -2.45. The molecule has 1 aliphatic heterocycles. The van der Waals surface area contributed by atoms with Gasteiger partial charge < -0.3 is 20.1 Å². The van der Waals surface area contributed by atoms with Gasteiger partial charge in [0, 0.05) is 11.3 Å². The zero-order valence-electron chi connectivity index (χ0n) is 13.9. The van der Waals surface area contributed by atoms with Crippen LogP contribution in [0, 0.1) is 0 Å². The van der Waals surface area contributed by atoms with Crippen molar-refractivity contribution in [2.75, 3.05) is 13.2 Å². The fraction of sp³-hybridized carbons (Fsp3) is 0.333. The Hall–Kier alpha value is -2.34. The highest BCUT2D eigenvalue weighted by Gasteiger charge is 2.32. The summed E-state index contributed by atoms with van der Waals surface area (Å²) >= 11 is 5.25. The highest BCUT2D eigenvalue weighted by Crippen LogP contribution is 2.33. The van der Waals surface area contributed by atoms with Crippen LogP contribution in [0.4, 0.5) is 0 Å². The van der Waals surface area contributed by atoms with Crippen LogP contribution in [-0.2, 0) is 9.53 Å². The number of rotatable bonds is 7. The van der Waals surface area contributed by atoms with Gasteiger partial charge in [0.1, 0.15) is 12.4 Å². The van der Waals surface area contributed by atoms with Gasteiger partial charge in [0.2, 0.25) is 0 Å². The maximum atomic E-state index is 12.5. The van der Waals surface area contributed by atoms with Crippen LogP contribution in [0.25, 0.3) is 0 Å². The zero-order valence-corrected chi connectivity index (χ0v) is 14.7. The van der Waals surface area contributed by atoms with Gasteiger partial charge in [-0.2, -0.15) is 0 Å². The molecule has 0 unspecified atom stereocenters. The summed E-state index contributed by atoms with van der Waals surface area (Å²) in [6, 6.07) is 7.19. The largest absolute Gasteiger partial charge is 0.493 e. The van der Waals surface area contributed by atoms with E-state index in [2.05, 4.69) is 17.2 Å². The van der Waals surface area contributed by atoms with Gasteiger partial charge in [-0.05, 0) is 31.6 Å². The molecule has 6 heteroatoms. The molecule has 2 N–H and O–H groups in total. The average Bonchev–Trinajstić information content (AvgIpc) is 2.57. The summed E-state index contributed by atoms with van der Waals surface area (Å²) in [5, 5.41) is 6.59. The van der Waals surface area contributed by atoms with Gasteiger partial charge >= 0.3 is 5.97 Å². The Kier molecular flexibility index (Phi) is 6.37. The quantitative estimate of drug-likeness (QED) is 0.450. The molecule has 2 rings (SSSR count). The molecule has 0 saturated heterocycles. The molecule has 0 fully saturated rings. The van der Waals surface area contributed by atoms with Crippen molar-refractivity contribution in [2.24, 2.45) is 0 Å². The second kappa shape index (κ2) is 8.49. The first kappa shape index (κ1) is 18.0. The van der Waals surface area contributed by atoms with Gasteiger partial charge in [0.05, 0.1) is 18.2 Å². The summed E-state index contributed by atoms with van der Waals surface area (Å²) in [7, 11) is 0. The topological polar surface area (TPSA) is 59.6 Å². The highest BCUT2D eigenvalue weighted by molar-refractivity contribution is 7.80. The third-order valence-corrected chi connectivity index (χ3v) is 3.73. The number of allylic oxidation sites excluding steroid dienone is 1. The Bertz CT molecular complexity index is 670. The van der Waals surface area contributed by atoms with Gasteiger partial charge in [-0.25, -0.2) is 4.79 Å². The van der Waals surface area contributed by atoms with Crippen LogP contribution in [0.1, 0.15) is 31.9 Å². The first-order valence-electron chi connectivity index (χ1n) is 7.86. The van der Waals surface area contributed by atoms with E-state index >= 15 is 0 Å². The summed E-state index contributed by atoms with van der Waals surface area (Å²) in [5.74, 6) is 0.313. The molecule has 128 valence electrons. The number of ether oxygens (including phenoxy) is 2. The van der Waals surface area contributed by atoms with Crippen LogP contribution in [0.3, 0.4) is 0 Å². The SMILES string of the molecule is C=CCOC(=O)C1=C(C)NC(=S)N[C@H]1c1ccccc1OCCC. The molecule has 0 radical (unpaired) electrons. The Morgan fingerprint density at radius 2 is 2.17 bits per heavy atom. The molecular formula is C18H22N2O3S. The number of hydrogen-bond acceptors (Lipinski definition) is 4. The van der Waals surface area contributed by atoms with E-state index in [9.17, 15) is 4.79 Å². The molecule has 0 saturated carbocycles. The molecular weight excluding hydrogens is 324 g/mol. The number of para-hydroxylation sites is 1. The second-order valence-electron chi connectivity index (χ2n) is 5.34. The molecule has 1 aliphatic rings. The molecule has 0 amide bonds. The van der Waals surface area contributed by atoms with Gasteiger partial charge in [-0.3, -0.25) is 0 Å². The Labute approximate surface area is 147 Å². The van der Waals surface area contributed by atoms with E-state index in [4.69, 9.17) is 21.7 Å². The lowest BCUT2D eigenvalue weighted by Gasteiger charge is -2.30. The number of carbonyl (C=O) groups is 1. The van der Waals surface area contributed by atoms with Crippen LogP contribution < -0.4 is 15.4 Å². The third kappa shape index (κ3) is 4.14. The fourth-order valence-corrected chi connectivity index (χ4v) is 2.74. The highest BCUT2D eigenvalue weighted by atomic mass is 32.1. The van der Waals surface area contributed by atoms with E-state index in [0.717, 1.165) is 17.7 Å². The number of nitrogens with one attached hydrogen (secondary N) is 2. The Morgan fingerprint density at radius 3 is 2.88 bits per heavy atom. The predicted octanol–water partition coefficient (Wildman–Crippen LogP) is 3.00. The van der Waals surface area contributed by atoms with E-state index in [1.54, 1.807) is 6.92 Å². The first-order valence-corrected chi connectivity index (χ1v) is 8.27. The van der Waals surface area contributed by atoms with Gasteiger partial charge in [0.15, 0.2) is 5.11 Å². The average molecular weight is 346 g/mol. The number of benzene rings is 1. The summed E-state index contributed by atoms with van der Waals surface area (Å²) < 4.78 is 11.1. The van der Waals surface area contributed by atoms with E-state index < -0.39 is 12.0 Å². The fourth-order valence-electron chi connectivity index (χ4n) is 2.47. The third-order valence-electron chi connectivity index (χ3n) is 3.51. The lowest BCUT2D eigenvalue weighted by atomic mass is 9.95. The van der Waals surface area contributed by atoms with Gasteiger partial charge in [-0.1, -0.05) is 37.8 Å². The summed E-state index contributed by atoms with van der Waals surface area (Å²) in [5.41, 5.74) is 2.00. The lowest BCUT2D eigenvalue weighted by molar-refractivity contribution is -0.138. The minimum Gasteiger partial charge on any atom is -0.493 e. The maximum Gasteiger partial charge on any atom is 0.338 e.